The van der Waals surface area contributed by atoms with Gasteiger partial charge in [0, 0.05) is 11.1 Å². The van der Waals surface area contributed by atoms with Gasteiger partial charge in [-0.25, -0.2) is 4.52 Å². The van der Waals surface area contributed by atoms with Gasteiger partial charge in [-0.2, -0.15) is 4.52 Å². The topological polar surface area (TPSA) is 43.0 Å². The van der Waals surface area contributed by atoms with Crippen molar-refractivity contribution in [2.75, 3.05) is 0 Å². The van der Waals surface area contributed by atoms with Gasteiger partial charge in [0.25, 0.3) is 11.1 Å². The van der Waals surface area contributed by atoms with Crippen molar-refractivity contribution in [1.29, 1.82) is 0 Å². The highest BCUT2D eigenvalue weighted by atomic mass is 16.2. The smallest absolute Gasteiger partial charge is 0.267 e. The van der Waals surface area contributed by atoms with Crippen LogP contribution in [0.2, 0.25) is 0 Å². The highest BCUT2D eigenvalue weighted by molar-refractivity contribution is 6.00. The van der Waals surface area contributed by atoms with E-state index in [1.165, 1.54) is 4.52 Å². The molecule has 4 nitrogen and oxygen atoms in total. The molecule has 12 aromatic rings. The number of hydrogen-bond acceptors (Lipinski definition) is 2. The van der Waals surface area contributed by atoms with Crippen LogP contribution in [0.3, 0.4) is 0 Å². The van der Waals surface area contributed by atoms with Crippen LogP contribution in [0.25, 0.3) is 89.3 Å². The fraction of sp³-hybridized carbons (Fsp3) is 0.0294. The Bertz CT molecular complexity index is 4070. The largest absolute Gasteiger partial charge is 0.279 e. The minimum atomic E-state index is -1.01. The second kappa shape index (κ2) is 14.1. The minimum Gasteiger partial charge on any atom is -0.267 e. The van der Waals surface area contributed by atoms with Crippen LogP contribution in [0.4, 0.5) is 0 Å². The summed E-state index contributed by atoms with van der Waals surface area (Å²) in [7, 11) is 0. The lowest BCUT2D eigenvalue weighted by Crippen LogP contribution is -2.37. The number of nitrogens with zero attached hydrogens (tertiary/aromatic N) is 2. The number of fused-ring (bicyclic) bond motifs is 23. The van der Waals surface area contributed by atoms with Crippen molar-refractivity contribution in [2.24, 2.45) is 0 Å². The van der Waals surface area contributed by atoms with Gasteiger partial charge in [0.15, 0.2) is 0 Å². The van der Waals surface area contributed by atoms with E-state index in [0.29, 0.717) is 11.1 Å². The zero-order chi connectivity index (χ0) is 47.5. The van der Waals surface area contributed by atoms with Crippen LogP contribution < -0.4 is 11.1 Å². The van der Waals surface area contributed by atoms with E-state index in [4.69, 9.17) is 0 Å². The molecule has 4 heteroatoms. The molecule has 0 amide bonds. The SMILES string of the molecule is O=c1c2c(n3c4c(c(=O)n13)C1(c3ccccc3-c3ccccc31)c1cc(-c3ccccc3-c3ccccc3)ccc1-4)-c1ccc(-c3ccccc3-c3ccccc3)cc1C21c2ccccc2-c2ccccc21. The Morgan fingerprint density at radius 1 is 0.236 bits per heavy atom. The Kier molecular flexibility index (Phi) is 7.74. The molecule has 4 aliphatic carbocycles. The minimum absolute atomic E-state index is 0.289. The summed E-state index contributed by atoms with van der Waals surface area (Å²) in [6.07, 6.45) is 0. The molecule has 0 radical (unpaired) electrons. The molecular weight excluding hydrogens is 877 g/mol. The van der Waals surface area contributed by atoms with Crippen molar-refractivity contribution in [1.82, 2.24) is 9.03 Å². The number of benzene rings is 10. The second-order valence-electron chi connectivity index (χ2n) is 19.7. The fourth-order valence-electron chi connectivity index (χ4n) is 13.9. The van der Waals surface area contributed by atoms with Crippen LogP contribution in [-0.4, -0.2) is 9.03 Å². The first-order valence-electron chi connectivity index (χ1n) is 24.8. The molecule has 0 unspecified atom stereocenters. The van der Waals surface area contributed by atoms with E-state index in [-0.39, 0.29) is 11.1 Å². The average molecular weight is 917 g/mol. The second-order valence-corrected chi connectivity index (χ2v) is 19.7. The van der Waals surface area contributed by atoms with Gasteiger partial charge in [-0.3, -0.25) is 9.59 Å². The molecule has 0 aliphatic heterocycles. The van der Waals surface area contributed by atoms with E-state index in [2.05, 4.69) is 243 Å². The summed E-state index contributed by atoms with van der Waals surface area (Å²) in [5.74, 6) is 0. The Balaban J connectivity index is 1.04. The van der Waals surface area contributed by atoms with E-state index in [1.54, 1.807) is 0 Å². The van der Waals surface area contributed by atoms with Crippen molar-refractivity contribution in [3.63, 3.8) is 0 Å². The van der Waals surface area contributed by atoms with Gasteiger partial charge in [0.05, 0.1) is 33.3 Å². The lowest BCUT2D eigenvalue weighted by Gasteiger charge is -2.29. The van der Waals surface area contributed by atoms with Crippen molar-refractivity contribution in [2.45, 2.75) is 10.8 Å². The molecule has 2 heterocycles. The molecule has 0 saturated carbocycles. The molecule has 72 heavy (non-hydrogen) atoms. The lowest BCUT2D eigenvalue weighted by molar-refractivity contribution is 0.747. The van der Waals surface area contributed by atoms with Crippen LogP contribution in [0.1, 0.15) is 44.5 Å². The Morgan fingerprint density at radius 2 is 0.528 bits per heavy atom. The Morgan fingerprint density at radius 3 is 0.875 bits per heavy atom. The number of aromatic nitrogens is 2. The third-order valence-electron chi connectivity index (χ3n) is 16.6. The standard InChI is InChI=1S/C68H40N2O2/c71-65-61-63(53-37-35-43(47-25-9-7-23-45(47)41-19-3-1-4-20-41)39-59(53)67(61)55-31-15-11-27-49(55)50-28-12-16-32-56(50)67)69-64-54-38-36-44(48-26-10-8-24-46(48)42-21-5-2-6-22-42)40-60(54)68(62(64)66(72)70(65)69)57-33-17-13-29-51(57)52-30-14-18-34-58(52)68/h1-40H. The Labute approximate surface area is 415 Å². The van der Waals surface area contributed by atoms with Crippen LogP contribution in [-0.2, 0) is 10.8 Å². The first-order chi connectivity index (χ1) is 35.6. The summed E-state index contributed by atoms with van der Waals surface area (Å²) in [5, 5.41) is 0. The van der Waals surface area contributed by atoms with Gasteiger partial charge in [0.1, 0.15) is 0 Å². The summed E-state index contributed by atoms with van der Waals surface area (Å²) in [6, 6.07) is 86.0. The molecule has 0 fully saturated rings. The predicted molar refractivity (Wildman–Crippen MR) is 289 cm³/mol. The normalized spacial score (nSPS) is 14.2. The van der Waals surface area contributed by atoms with Crippen molar-refractivity contribution < 1.29 is 0 Å². The van der Waals surface area contributed by atoms with Crippen LogP contribution in [0.15, 0.2) is 252 Å². The monoisotopic (exact) mass is 916 g/mol. The first kappa shape index (κ1) is 39.5. The third kappa shape index (κ3) is 4.68. The Hall–Kier alpha value is -9.38. The zero-order valence-corrected chi connectivity index (χ0v) is 38.8. The van der Waals surface area contributed by atoms with Crippen LogP contribution in [0, 0.1) is 0 Å². The van der Waals surface area contributed by atoms with Gasteiger partial charge in [-0.05, 0) is 112 Å². The molecule has 0 atom stereocenters. The maximum Gasteiger partial charge on any atom is 0.279 e. The number of hydrogen-bond donors (Lipinski definition) is 0. The maximum atomic E-state index is 16.3. The van der Waals surface area contributed by atoms with E-state index in [0.717, 1.165) is 123 Å². The molecule has 2 spiro atoms. The summed E-state index contributed by atoms with van der Waals surface area (Å²) in [4.78, 5) is 32.7. The van der Waals surface area contributed by atoms with E-state index >= 15 is 9.59 Å². The van der Waals surface area contributed by atoms with Gasteiger partial charge in [-0.1, -0.05) is 231 Å². The molecule has 0 saturated heterocycles. The highest BCUT2D eigenvalue weighted by Gasteiger charge is 2.59. The quantitative estimate of drug-likeness (QED) is 0.177. The third-order valence-corrected chi connectivity index (χ3v) is 16.6. The van der Waals surface area contributed by atoms with Crippen LogP contribution in [0.5, 0.6) is 0 Å². The summed E-state index contributed by atoms with van der Waals surface area (Å²) in [5.41, 5.74) is 21.6. The van der Waals surface area contributed by atoms with E-state index < -0.39 is 10.8 Å². The van der Waals surface area contributed by atoms with Crippen LogP contribution >= 0.6 is 0 Å². The molecule has 0 bridgehead atoms. The van der Waals surface area contributed by atoms with Crippen molar-refractivity contribution in [3.05, 3.63) is 308 Å². The molecule has 2 aromatic heterocycles. The summed E-state index contributed by atoms with van der Waals surface area (Å²) < 4.78 is 3.54. The fourth-order valence-corrected chi connectivity index (χ4v) is 13.9. The molecule has 16 rings (SSSR count). The van der Waals surface area contributed by atoms with E-state index in [9.17, 15) is 0 Å². The lowest BCUT2D eigenvalue weighted by atomic mass is 9.70. The molecule has 10 aromatic carbocycles. The van der Waals surface area contributed by atoms with Gasteiger partial charge < -0.3 is 0 Å². The summed E-state index contributed by atoms with van der Waals surface area (Å²) in [6.45, 7) is 0. The zero-order valence-electron chi connectivity index (χ0n) is 38.8. The molecule has 0 N–H and O–H groups in total. The molecule has 4 aliphatic rings. The van der Waals surface area contributed by atoms with Crippen molar-refractivity contribution >= 4 is 0 Å². The maximum absolute atomic E-state index is 16.3. The predicted octanol–water partition coefficient (Wildman–Crippen LogP) is 14.6. The van der Waals surface area contributed by atoms with Gasteiger partial charge >= 0.3 is 0 Å². The first-order valence-corrected chi connectivity index (χ1v) is 24.8. The number of rotatable bonds is 4. The average Bonchev–Trinajstić information content (AvgIpc) is 4.25. The molecular formula is C68H40N2O2. The molecule has 334 valence electrons. The van der Waals surface area contributed by atoms with Gasteiger partial charge in [0.2, 0.25) is 0 Å². The van der Waals surface area contributed by atoms with E-state index in [1.807, 2.05) is 4.52 Å². The van der Waals surface area contributed by atoms with Crippen molar-refractivity contribution in [3.8, 4) is 89.3 Å². The highest BCUT2D eigenvalue weighted by Crippen LogP contribution is 2.66. The van der Waals surface area contributed by atoms with Gasteiger partial charge in [-0.15, -0.1) is 0 Å². The summed E-state index contributed by atoms with van der Waals surface area (Å²) >= 11 is 0.